The second-order valence-electron chi connectivity index (χ2n) is 6.39. The van der Waals surface area contributed by atoms with Crippen molar-refractivity contribution >= 4 is 17.3 Å². The molecule has 0 radical (unpaired) electrons. The zero-order valence-electron chi connectivity index (χ0n) is 15.7. The number of thiazole rings is 1. The molecule has 0 N–H and O–H groups in total. The normalized spacial score (nSPS) is 10.9. The van der Waals surface area contributed by atoms with Crippen LogP contribution in [-0.2, 0) is 19.4 Å². The first kappa shape index (κ1) is 18.3. The maximum Gasteiger partial charge on any atom is 0.225 e. The average molecular weight is 392 g/mol. The van der Waals surface area contributed by atoms with Gasteiger partial charge in [-0.05, 0) is 12.0 Å². The number of hydrogen-bond donors (Lipinski definition) is 0. The summed E-state index contributed by atoms with van der Waals surface area (Å²) in [4.78, 5) is 20.1. The summed E-state index contributed by atoms with van der Waals surface area (Å²) in [6.07, 6.45) is 7.01. The van der Waals surface area contributed by atoms with Crippen LogP contribution in [0.2, 0.25) is 0 Å². The highest BCUT2D eigenvalue weighted by Gasteiger charge is 2.17. The van der Waals surface area contributed by atoms with Crippen LogP contribution in [0.3, 0.4) is 0 Å². The van der Waals surface area contributed by atoms with Crippen molar-refractivity contribution in [3.8, 4) is 11.3 Å². The SMILES string of the molecule is CCc1cnc(N(CCc2cscn2)Cc2ncoc2-c2ccccc2)nc1. The van der Waals surface area contributed by atoms with Crippen molar-refractivity contribution in [1.82, 2.24) is 19.9 Å². The number of rotatable bonds is 8. The fraction of sp³-hybridized carbons (Fsp3) is 0.238. The summed E-state index contributed by atoms with van der Waals surface area (Å²) in [6.45, 7) is 3.41. The van der Waals surface area contributed by atoms with Gasteiger partial charge in [-0.15, -0.1) is 11.3 Å². The van der Waals surface area contributed by atoms with Crippen LogP contribution in [0.5, 0.6) is 0 Å². The first-order chi connectivity index (χ1) is 13.8. The number of oxazole rings is 1. The Morgan fingerprint density at radius 2 is 1.86 bits per heavy atom. The molecule has 0 saturated heterocycles. The zero-order chi connectivity index (χ0) is 19.2. The van der Waals surface area contributed by atoms with Crippen LogP contribution >= 0.6 is 11.3 Å². The van der Waals surface area contributed by atoms with Crippen molar-refractivity contribution in [2.75, 3.05) is 11.4 Å². The molecule has 28 heavy (non-hydrogen) atoms. The fourth-order valence-electron chi connectivity index (χ4n) is 2.94. The van der Waals surface area contributed by atoms with E-state index in [0.717, 1.165) is 47.7 Å². The van der Waals surface area contributed by atoms with Crippen LogP contribution < -0.4 is 4.90 Å². The molecule has 0 bridgehead atoms. The lowest BCUT2D eigenvalue weighted by Gasteiger charge is -2.21. The lowest BCUT2D eigenvalue weighted by atomic mass is 10.1. The van der Waals surface area contributed by atoms with Crippen molar-refractivity contribution in [3.05, 3.63) is 77.0 Å². The Bertz CT molecular complexity index is 983. The maximum atomic E-state index is 5.69. The number of aryl methyl sites for hydroxylation is 1. The van der Waals surface area contributed by atoms with Crippen LogP contribution in [0.25, 0.3) is 11.3 Å². The molecule has 0 unspecified atom stereocenters. The smallest absolute Gasteiger partial charge is 0.225 e. The van der Waals surface area contributed by atoms with E-state index in [2.05, 4.69) is 37.1 Å². The maximum absolute atomic E-state index is 5.69. The van der Waals surface area contributed by atoms with Gasteiger partial charge in [0.15, 0.2) is 12.2 Å². The van der Waals surface area contributed by atoms with Crippen LogP contribution in [0.15, 0.2) is 64.4 Å². The van der Waals surface area contributed by atoms with Crippen LogP contribution in [0.4, 0.5) is 5.95 Å². The number of benzene rings is 1. The van der Waals surface area contributed by atoms with Crippen molar-refractivity contribution < 1.29 is 4.42 Å². The van der Waals surface area contributed by atoms with Gasteiger partial charge in [-0.2, -0.15) is 0 Å². The topological polar surface area (TPSA) is 67.9 Å². The first-order valence-electron chi connectivity index (χ1n) is 9.24. The predicted molar refractivity (Wildman–Crippen MR) is 110 cm³/mol. The summed E-state index contributed by atoms with van der Waals surface area (Å²) in [6, 6.07) is 10.0. The molecule has 0 amide bonds. The minimum Gasteiger partial charge on any atom is -0.443 e. The van der Waals surface area contributed by atoms with Crippen LogP contribution in [0.1, 0.15) is 23.9 Å². The van der Waals surface area contributed by atoms with Gasteiger partial charge in [0.1, 0.15) is 5.69 Å². The molecule has 0 aliphatic rings. The molecule has 6 nitrogen and oxygen atoms in total. The molecule has 3 heterocycles. The third-order valence-corrected chi connectivity index (χ3v) is 5.16. The molecule has 142 valence electrons. The van der Waals surface area contributed by atoms with Crippen molar-refractivity contribution in [3.63, 3.8) is 0 Å². The highest BCUT2D eigenvalue weighted by Crippen LogP contribution is 2.25. The average Bonchev–Trinajstić information content (AvgIpc) is 3.44. The van der Waals surface area contributed by atoms with E-state index in [4.69, 9.17) is 4.42 Å². The summed E-state index contributed by atoms with van der Waals surface area (Å²) in [5.74, 6) is 1.47. The monoisotopic (exact) mass is 391 g/mol. The van der Waals surface area contributed by atoms with Gasteiger partial charge in [-0.1, -0.05) is 37.3 Å². The van der Waals surface area contributed by atoms with Gasteiger partial charge in [0.2, 0.25) is 5.95 Å². The Balaban J connectivity index is 1.59. The molecule has 4 aromatic rings. The first-order valence-corrected chi connectivity index (χ1v) is 10.2. The third-order valence-electron chi connectivity index (χ3n) is 4.52. The van der Waals surface area contributed by atoms with E-state index in [9.17, 15) is 0 Å². The molecule has 0 fully saturated rings. The number of anilines is 1. The Hall–Kier alpha value is -3.06. The van der Waals surface area contributed by atoms with Crippen LogP contribution in [0, 0.1) is 0 Å². The third kappa shape index (κ3) is 4.26. The highest BCUT2D eigenvalue weighted by molar-refractivity contribution is 7.07. The van der Waals surface area contributed by atoms with Gasteiger partial charge in [0, 0.05) is 36.3 Å². The summed E-state index contributed by atoms with van der Waals surface area (Å²) in [7, 11) is 0. The van der Waals surface area contributed by atoms with E-state index in [1.165, 1.54) is 6.39 Å². The molecule has 0 atom stereocenters. The molecule has 1 aromatic carbocycles. The van der Waals surface area contributed by atoms with E-state index in [1.54, 1.807) is 11.3 Å². The molecule has 7 heteroatoms. The van der Waals surface area contributed by atoms with Crippen molar-refractivity contribution in [1.29, 1.82) is 0 Å². The lowest BCUT2D eigenvalue weighted by Crippen LogP contribution is -2.27. The summed E-state index contributed by atoms with van der Waals surface area (Å²) in [5.41, 5.74) is 5.93. The Morgan fingerprint density at radius 3 is 2.57 bits per heavy atom. The number of aromatic nitrogens is 4. The second-order valence-corrected chi connectivity index (χ2v) is 7.11. The number of nitrogens with zero attached hydrogens (tertiary/aromatic N) is 5. The highest BCUT2D eigenvalue weighted by atomic mass is 32.1. The Morgan fingerprint density at radius 1 is 1.04 bits per heavy atom. The quantitative estimate of drug-likeness (QED) is 0.443. The Labute approximate surface area is 168 Å². The summed E-state index contributed by atoms with van der Waals surface area (Å²) in [5, 5.41) is 2.07. The van der Waals surface area contributed by atoms with E-state index < -0.39 is 0 Å². The molecular formula is C21H21N5OS. The van der Waals surface area contributed by atoms with E-state index in [1.807, 2.05) is 48.2 Å². The van der Waals surface area contributed by atoms with Gasteiger partial charge >= 0.3 is 0 Å². The molecule has 3 aromatic heterocycles. The molecule has 0 saturated carbocycles. The molecule has 0 spiro atoms. The van der Waals surface area contributed by atoms with Gasteiger partial charge < -0.3 is 9.32 Å². The summed E-state index contributed by atoms with van der Waals surface area (Å²) < 4.78 is 5.69. The fourth-order valence-corrected chi connectivity index (χ4v) is 3.53. The minimum absolute atomic E-state index is 0.566. The van der Waals surface area contributed by atoms with Crippen molar-refractivity contribution in [2.24, 2.45) is 0 Å². The van der Waals surface area contributed by atoms with E-state index in [0.29, 0.717) is 12.5 Å². The minimum atomic E-state index is 0.566. The molecule has 0 aliphatic heterocycles. The van der Waals surface area contributed by atoms with E-state index >= 15 is 0 Å². The largest absolute Gasteiger partial charge is 0.443 e. The molecular weight excluding hydrogens is 370 g/mol. The van der Waals surface area contributed by atoms with Gasteiger partial charge in [-0.25, -0.2) is 19.9 Å². The van der Waals surface area contributed by atoms with Gasteiger partial charge in [0.05, 0.1) is 17.7 Å². The predicted octanol–water partition coefficient (Wildman–Crippen LogP) is 4.40. The van der Waals surface area contributed by atoms with Gasteiger partial charge in [-0.3, -0.25) is 0 Å². The summed E-state index contributed by atoms with van der Waals surface area (Å²) >= 11 is 1.61. The standard InChI is InChI=1S/C21H21N5OS/c1-2-16-10-22-21(23-11-16)26(9-8-18-13-28-15-25-18)12-19-20(27-14-24-19)17-6-4-3-5-7-17/h3-7,10-11,13-15H,2,8-9,12H2,1H3. The Kier molecular flexibility index (Phi) is 5.72. The number of hydrogen-bond acceptors (Lipinski definition) is 7. The van der Waals surface area contributed by atoms with Crippen LogP contribution in [-0.4, -0.2) is 26.5 Å². The van der Waals surface area contributed by atoms with Gasteiger partial charge in [0.25, 0.3) is 0 Å². The molecule has 4 rings (SSSR count). The van der Waals surface area contributed by atoms with E-state index in [-0.39, 0.29) is 0 Å². The second kappa shape index (κ2) is 8.75. The molecule has 0 aliphatic carbocycles. The lowest BCUT2D eigenvalue weighted by molar-refractivity contribution is 0.570. The van der Waals surface area contributed by atoms with Crippen molar-refractivity contribution in [2.45, 2.75) is 26.3 Å². The zero-order valence-corrected chi connectivity index (χ0v) is 16.5.